The molecule has 172 valence electrons. The van der Waals surface area contributed by atoms with Gasteiger partial charge >= 0.3 is 0 Å². The van der Waals surface area contributed by atoms with E-state index in [2.05, 4.69) is 25.6 Å². The fourth-order valence-electron chi connectivity index (χ4n) is 3.72. The second-order valence-electron chi connectivity index (χ2n) is 7.89. The molecule has 7 heteroatoms. The van der Waals surface area contributed by atoms with Crippen molar-refractivity contribution in [2.75, 3.05) is 12.4 Å². The molecule has 0 saturated carbocycles. The van der Waals surface area contributed by atoms with Crippen LogP contribution < -0.4 is 15.4 Å². The number of benzene rings is 1. The van der Waals surface area contributed by atoms with Gasteiger partial charge in [0.2, 0.25) is 11.8 Å². The highest BCUT2D eigenvalue weighted by molar-refractivity contribution is 5.96. The number of hydrogen-bond acceptors (Lipinski definition) is 6. The zero-order chi connectivity index (χ0) is 23.8. The van der Waals surface area contributed by atoms with Crippen LogP contribution in [0.25, 0.3) is 11.1 Å². The molecule has 4 aromatic rings. The molecule has 0 bridgehead atoms. The van der Waals surface area contributed by atoms with E-state index >= 15 is 0 Å². The first-order chi connectivity index (χ1) is 16.6. The third-order valence-electron chi connectivity index (χ3n) is 5.50. The zero-order valence-corrected chi connectivity index (χ0v) is 19.2. The number of nitrogens with one attached hydrogen (secondary N) is 2. The van der Waals surface area contributed by atoms with E-state index in [0.29, 0.717) is 18.0 Å². The van der Waals surface area contributed by atoms with Crippen molar-refractivity contribution in [3.8, 4) is 17.0 Å². The van der Waals surface area contributed by atoms with E-state index in [0.717, 1.165) is 22.4 Å². The van der Waals surface area contributed by atoms with Crippen molar-refractivity contribution in [2.24, 2.45) is 0 Å². The minimum atomic E-state index is -0.506. The number of aromatic nitrogens is 3. The van der Waals surface area contributed by atoms with Gasteiger partial charge in [0.25, 0.3) is 0 Å². The van der Waals surface area contributed by atoms with Gasteiger partial charge in [-0.05, 0) is 54.8 Å². The molecule has 4 rings (SSSR count). The van der Waals surface area contributed by atoms with Gasteiger partial charge in [-0.25, -0.2) is 4.98 Å². The number of methoxy groups -OCH3 is 1. The predicted molar refractivity (Wildman–Crippen MR) is 132 cm³/mol. The lowest BCUT2D eigenvalue weighted by Crippen LogP contribution is -2.43. The average Bonchev–Trinajstić information content (AvgIpc) is 2.90. The van der Waals surface area contributed by atoms with Gasteiger partial charge in [0.1, 0.15) is 5.69 Å². The fraction of sp³-hybridized carbons (Fsp3) is 0.185. The summed E-state index contributed by atoms with van der Waals surface area (Å²) in [4.78, 5) is 26.4. The molecule has 2 atom stereocenters. The van der Waals surface area contributed by atoms with Crippen molar-refractivity contribution in [1.29, 1.82) is 0 Å². The van der Waals surface area contributed by atoms with Gasteiger partial charge in [0.15, 0.2) is 0 Å². The lowest BCUT2D eigenvalue weighted by Gasteiger charge is -2.23. The third-order valence-corrected chi connectivity index (χ3v) is 5.50. The van der Waals surface area contributed by atoms with Gasteiger partial charge in [0.05, 0.1) is 18.8 Å². The Morgan fingerprint density at radius 1 is 0.941 bits per heavy atom. The number of hydrogen-bond donors (Lipinski definition) is 2. The normalized spacial score (nSPS) is 12.5. The SMILES string of the molecule is COc1ncc(-c2ccncc2)cc1NC(=O)[C@H](Cc1ccccc1)N[C@@H](C)c1ccccn1. The molecule has 0 fully saturated rings. The largest absolute Gasteiger partial charge is 0.480 e. The van der Waals surface area contributed by atoms with Crippen molar-refractivity contribution in [3.63, 3.8) is 0 Å². The van der Waals surface area contributed by atoms with Crippen LogP contribution in [0.15, 0.2) is 91.5 Å². The summed E-state index contributed by atoms with van der Waals surface area (Å²) in [6.45, 7) is 2.00. The van der Waals surface area contributed by atoms with Crippen molar-refractivity contribution in [3.05, 3.63) is 103 Å². The van der Waals surface area contributed by atoms with Crippen LogP contribution in [0.4, 0.5) is 5.69 Å². The molecule has 34 heavy (non-hydrogen) atoms. The van der Waals surface area contributed by atoms with Gasteiger partial charge in [0, 0.05) is 36.4 Å². The number of carbonyl (C=O) groups excluding carboxylic acids is 1. The van der Waals surface area contributed by atoms with Crippen LogP contribution in [0.3, 0.4) is 0 Å². The molecule has 2 N–H and O–H groups in total. The van der Waals surface area contributed by atoms with Crippen LogP contribution in [0.1, 0.15) is 24.2 Å². The predicted octanol–water partition coefficient (Wildman–Crippen LogP) is 4.45. The first kappa shape index (κ1) is 23.1. The van der Waals surface area contributed by atoms with E-state index in [4.69, 9.17) is 4.74 Å². The Balaban J connectivity index is 1.59. The fourth-order valence-corrected chi connectivity index (χ4v) is 3.72. The Labute approximate surface area is 199 Å². The second kappa shape index (κ2) is 11.2. The highest BCUT2D eigenvalue weighted by Crippen LogP contribution is 2.28. The van der Waals surface area contributed by atoms with E-state index in [9.17, 15) is 4.79 Å². The van der Waals surface area contributed by atoms with E-state index in [1.165, 1.54) is 7.11 Å². The van der Waals surface area contributed by atoms with Crippen molar-refractivity contribution in [2.45, 2.75) is 25.4 Å². The van der Waals surface area contributed by atoms with Gasteiger partial charge in [-0.15, -0.1) is 0 Å². The maximum Gasteiger partial charge on any atom is 0.242 e. The minimum absolute atomic E-state index is 0.121. The van der Waals surface area contributed by atoms with Crippen LogP contribution in [0.2, 0.25) is 0 Å². The van der Waals surface area contributed by atoms with E-state index < -0.39 is 6.04 Å². The van der Waals surface area contributed by atoms with Crippen molar-refractivity contribution >= 4 is 11.6 Å². The first-order valence-corrected chi connectivity index (χ1v) is 11.1. The molecule has 1 aromatic carbocycles. The Morgan fingerprint density at radius 2 is 1.71 bits per heavy atom. The monoisotopic (exact) mass is 453 g/mol. The molecule has 7 nitrogen and oxygen atoms in total. The maximum atomic E-state index is 13.5. The molecule has 3 heterocycles. The summed E-state index contributed by atoms with van der Waals surface area (Å²) in [6, 6.07) is 20.7. The highest BCUT2D eigenvalue weighted by atomic mass is 16.5. The number of nitrogens with zero attached hydrogens (tertiary/aromatic N) is 3. The Morgan fingerprint density at radius 3 is 2.41 bits per heavy atom. The minimum Gasteiger partial charge on any atom is -0.480 e. The maximum absolute atomic E-state index is 13.5. The molecule has 3 aromatic heterocycles. The summed E-state index contributed by atoms with van der Waals surface area (Å²) >= 11 is 0. The first-order valence-electron chi connectivity index (χ1n) is 11.1. The van der Waals surface area contributed by atoms with Gasteiger partial charge < -0.3 is 10.1 Å². The summed E-state index contributed by atoms with van der Waals surface area (Å²) in [5.74, 6) is 0.168. The molecule has 0 saturated heterocycles. The lowest BCUT2D eigenvalue weighted by atomic mass is 10.0. The quantitative estimate of drug-likeness (QED) is 0.389. The summed E-state index contributed by atoms with van der Waals surface area (Å²) in [6.07, 6.45) is 7.42. The van der Waals surface area contributed by atoms with Gasteiger partial charge in [-0.1, -0.05) is 36.4 Å². The van der Waals surface area contributed by atoms with Crippen LogP contribution in [0, 0.1) is 0 Å². The number of ether oxygens (including phenoxy) is 1. The standard InChI is InChI=1S/C27H27N5O2/c1-19(23-10-6-7-13-29-23)31-24(16-20-8-4-3-5-9-20)26(33)32-25-17-22(18-30-27(25)34-2)21-11-14-28-15-12-21/h3-15,17-19,24,31H,16H2,1-2H3,(H,32,33)/t19-,24-/m0/s1. The summed E-state index contributed by atoms with van der Waals surface area (Å²) in [5, 5.41) is 6.47. The smallest absolute Gasteiger partial charge is 0.242 e. The highest BCUT2D eigenvalue weighted by Gasteiger charge is 2.23. The topological polar surface area (TPSA) is 89.0 Å². The third kappa shape index (κ3) is 5.82. The van der Waals surface area contributed by atoms with Crippen LogP contribution in [-0.2, 0) is 11.2 Å². The summed E-state index contributed by atoms with van der Waals surface area (Å²) in [7, 11) is 1.53. The second-order valence-corrected chi connectivity index (χ2v) is 7.89. The van der Waals surface area contributed by atoms with Crippen molar-refractivity contribution < 1.29 is 9.53 Å². The van der Waals surface area contributed by atoms with E-state index in [1.807, 2.05) is 73.7 Å². The molecule has 0 unspecified atom stereocenters. The molecular formula is C27H27N5O2. The number of carbonyl (C=O) groups is 1. The molecule has 0 aliphatic heterocycles. The number of anilines is 1. The lowest BCUT2D eigenvalue weighted by molar-refractivity contribution is -0.118. The number of pyridine rings is 3. The molecular weight excluding hydrogens is 426 g/mol. The molecule has 0 aliphatic carbocycles. The summed E-state index contributed by atoms with van der Waals surface area (Å²) < 4.78 is 5.42. The van der Waals surface area contributed by atoms with Crippen LogP contribution in [-0.4, -0.2) is 34.0 Å². The molecule has 0 radical (unpaired) electrons. The Hall–Kier alpha value is -4.10. The van der Waals surface area contributed by atoms with Gasteiger partial charge in [-0.3, -0.25) is 20.1 Å². The van der Waals surface area contributed by atoms with Crippen molar-refractivity contribution in [1.82, 2.24) is 20.3 Å². The van der Waals surface area contributed by atoms with Gasteiger partial charge in [-0.2, -0.15) is 0 Å². The zero-order valence-electron chi connectivity index (χ0n) is 19.2. The Bertz CT molecular complexity index is 1200. The Kier molecular flexibility index (Phi) is 7.57. The number of rotatable bonds is 9. The summed E-state index contributed by atoms with van der Waals surface area (Å²) in [5.41, 5.74) is 4.23. The molecule has 1 amide bonds. The average molecular weight is 454 g/mol. The van der Waals surface area contributed by atoms with Crippen LogP contribution >= 0.6 is 0 Å². The molecule has 0 spiro atoms. The van der Waals surface area contributed by atoms with E-state index in [-0.39, 0.29) is 11.9 Å². The number of amides is 1. The molecule has 0 aliphatic rings. The van der Waals surface area contributed by atoms with E-state index in [1.54, 1.807) is 24.8 Å². The van der Waals surface area contributed by atoms with Crippen LogP contribution in [0.5, 0.6) is 5.88 Å².